The molecule has 0 fully saturated rings. The molecular formula is C24H24FN3O5S. The number of carbonyl (C=O) groups is 2. The molecule has 0 aliphatic carbocycles. The molecule has 3 rings (SSSR count). The van der Waals surface area contributed by atoms with E-state index in [4.69, 9.17) is 4.74 Å². The van der Waals surface area contributed by atoms with Gasteiger partial charge in [-0.05, 0) is 68.4 Å². The average Bonchev–Trinajstić information content (AvgIpc) is 2.77. The van der Waals surface area contributed by atoms with Crippen molar-refractivity contribution in [3.8, 4) is 5.75 Å². The SMILES string of the molecule is COc1ccc(NC(=O)CNC(=O)c2cc(C)cc(C)c2)cc1NS(=O)(=O)c1ccc(F)cc1. The van der Waals surface area contributed by atoms with E-state index in [0.717, 1.165) is 35.4 Å². The lowest BCUT2D eigenvalue weighted by Gasteiger charge is -2.14. The van der Waals surface area contributed by atoms with Gasteiger partial charge in [-0.15, -0.1) is 0 Å². The number of aryl methyl sites for hydroxylation is 2. The summed E-state index contributed by atoms with van der Waals surface area (Å²) in [6.45, 7) is 3.47. The minimum atomic E-state index is -4.03. The normalized spacial score (nSPS) is 10.9. The molecule has 0 unspecified atom stereocenters. The van der Waals surface area contributed by atoms with Crippen LogP contribution in [-0.4, -0.2) is 33.9 Å². The number of hydrogen-bond donors (Lipinski definition) is 3. The van der Waals surface area contributed by atoms with Crippen molar-refractivity contribution in [1.29, 1.82) is 0 Å². The number of halogens is 1. The Morgan fingerprint density at radius 1 is 0.941 bits per heavy atom. The van der Waals surface area contributed by atoms with Gasteiger partial charge in [-0.3, -0.25) is 14.3 Å². The lowest BCUT2D eigenvalue weighted by Crippen LogP contribution is -2.33. The van der Waals surface area contributed by atoms with Crippen LogP contribution in [0.1, 0.15) is 21.5 Å². The number of nitrogens with one attached hydrogen (secondary N) is 3. The first kappa shape index (κ1) is 24.7. The maximum absolute atomic E-state index is 13.1. The summed E-state index contributed by atoms with van der Waals surface area (Å²) in [6, 6.07) is 14.1. The highest BCUT2D eigenvalue weighted by Crippen LogP contribution is 2.30. The highest BCUT2D eigenvalue weighted by atomic mass is 32.2. The zero-order valence-electron chi connectivity index (χ0n) is 18.8. The topological polar surface area (TPSA) is 114 Å². The van der Waals surface area contributed by atoms with Gasteiger partial charge in [-0.2, -0.15) is 0 Å². The van der Waals surface area contributed by atoms with E-state index in [1.54, 1.807) is 12.1 Å². The zero-order valence-corrected chi connectivity index (χ0v) is 19.6. The van der Waals surface area contributed by atoms with Crippen molar-refractivity contribution >= 4 is 33.2 Å². The highest BCUT2D eigenvalue weighted by Gasteiger charge is 2.18. The molecule has 3 aromatic rings. The molecule has 0 heterocycles. The Kier molecular flexibility index (Phi) is 7.52. The Balaban J connectivity index is 1.69. The molecule has 10 heteroatoms. The molecule has 8 nitrogen and oxygen atoms in total. The van der Waals surface area contributed by atoms with Crippen molar-refractivity contribution in [3.05, 3.63) is 83.2 Å². The van der Waals surface area contributed by atoms with Gasteiger partial charge in [-0.25, -0.2) is 12.8 Å². The summed E-state index contributed by atoms with van der Waals surface area (Å²) in [7, 11) is -2.67. The summed E-state index contributed by atoms with van der Waals surface area (Å²) in [5.41, 5.74) is 2.67. The van der Waals surface area contributed by atoms with Crippen LogP contribution in [0.25, 0.3) is 0 Å². The Labute approximate surface area is 197 Å². The molecule has 0 spiro atoms. The molecule has 34 heavy (non-hydrogen) atoms. The average molecular weight is 486 g/mol. The monoisotopic (exact) mass is 485 g/mol. The lowest BCUT2D eigenvalue weighted by molar-refractivity contribution is -0.115. The molecule has 0 saturated carbocycles. The molecule has 0 aromatic heterocycles. The predicted octanol–water partition coefficient (Wildman–Crippen LogP) is 3.62. The number of sulfonamides is 1. The van der Waals surface area contributed by atoms with Gasteiger partial charge in [0.2, 0.25) is 5.91 Å². The van der Waals surface area contributed by atoms with Crippen molar-refractivity contribution in [2.45, 2.75) is 18.7 Å². The first-order valence-electron chi connectivity index (χ1n) is 10.2. The summed E-state index contributed by atoms with van der Waals surface area (Å²) in [6.07, 6.45) is 0. The van der Waals surface area contributed by atoms with E-state index in [9.17, 15) is 22.4 Å². The molecule has 0 aliphatic rings. The van der Waals surface area contributed by atoms with E-state index < -0.39 is 21.7 Å². The third kappa shape index (κ3) is 6.32. The molecule has 2 amide bonds. The van der Waals surface area contributed by atoms with Gasteiger partial charge in [-0.1, -0.05) is 17.2 Å². The van der Waals surface area contributed by atoms with Crippen LogP contribution in [0.5, 0.6) is 5.75 Å². The van der Waals surface area contributed by atoms with Crippen LogP contribution in [-0.2, 0) is 14.8 Å². The Hall–Kier alpha value is -3.92. The van der Waals surface area contributed by atoms with Crippen LogP contribution in [0.3, 0.4) is 0 Å². The first-order chi connectivity index (χ1) is 16.1. The second-order valence-corrected chi connectivity index (χ2v) is 9.26. The fraction of sp³-hybridized carbons (Fsp3) is 0.167. The Morgan fingerprint density at radius 2 is 1.59 bits per heavy atom. The standard InChI is InChI=1S/C24H24FN3O5S/c1-15-10-16(2)12-17(11-15)24(30)26-14-23(29)27-19-6-9-22(33-3)21(13-19)28-34(31,32)20-7-4-18(25)5-8-20/h4-13,28H,14H2,1-3H3,(H,26,30)(H,27,29). The van der Waals surface area contributed by atoms with E-state index in [0.29, 0.717) is 5.56 Å². The third-order valence-corrected chi connectivity index (χ3v) is 6.13. The number of carbonyl (C=O) groups excluding carboxylic acids is 2. The largest absolute Gasteiger partial charge is 0.495 e. The van der Waals surface area contributed by atoms with Gasteiger partial charge in [0.15, 0.2) is 0 Å². The van der Waals surface area contributed by atoms with Gasteiger partial charge in [0.1, 0.15) is 11.6 Å². The molecule has 0 saturated heterocycles. The molecule has 0 bridgehead atoms. The molecular weight excluding hydrogens is 461 g/mol. The smallest absolute Gasteiger partial charge is 0.262 e. The molecule has 3 N–H and O–H groups in total. The van der Waals surface area contributed by atoms with Crippen molar-refractivity contribution < 1.29 is 27.1 Å². The van der Waals surface area contributed by atoms with E-state index in [2.05, 4.69) is 15.4 Å². The summed E-state index contributed by atoms with van der Waals surface area (Å²) >= 11 is 0. The molecule has 0 aliphatic heterocycles. The molecule has 178 valence electrons. The summed E-state index contributed by atoms with van der Waals surface area (Å²) < 4.78 is 46.0. The number of benzene rings is 3. The van der Waals surface area contributed by atoms with Gasteiger partial charge in [0.25, 0.3) is 15.9 Å². The Bertz CT molecular complexity index is 1300. The number of amides is 2. The Morgan fingerprint density at radius 3 is 2.21 bits per heavy atom. The minimum absolute atomic E-state index is 0.0731. The van der Waals surface area contributed by atoms with Gasteiger partial charge in [0, 0.05) is 11.3 Å². The summed E-state index contributed by atoms with van der Waals surface area (Å²) in [4.78, 5) is 24.6. The van der Waals surface area contributed by atoms with Crippen molar-refractivity contribution in [2.75, 3.05) is 23.7 Å². The highest BCUT2D eigenvalue weighted by molar-refractivity contribution is 7.92. The summed E-state index contributed by atoms with van der Waals surface area (Å²) in [5.74, 6) is -1.24. The molecule has 3 aromatic carbocycles. The number of ether oxygens (including phenoxy) is 1. The second-order valence-electron chi connectivity index (χ2n) is 7.58. The first-order valence-corrected chi connectivity index (χ1v) is 11.7. The van der Waals surface area contributed by atoms with Gasteiger partial charge in [0.05, 0.1) is 24.2 Å². The number of methoxy groups -OCH3 is 1. The molecule has 0 atom stereocenters. The predicted molar refractivity (Wildman–Crippen MR) is 127 cm³/mol. The number of rotatable bonds is 8. The summed E-state index contributed by atoms with van der Waals surface area (Å²) in [5, 5.41) is 5.16. The van der Waals surface area contributed by atoms with Crippen LogP contribution >= 0.6 is 0 Å². The van der Waals surface area contributed by atoms with Crippen LogP contribution < -0.4 is 20.1 Å². The maximum atomic E-state index is 13.1. The van der Waals surface area contributed by atoms with Gasteiger partial charge >= 0.3 is 0 Å². The van der Waals surface area contributed by atoms with Crippen molar-refractivity contribution in [3.63, 3.8) is 0 Å². The number of anilines is 2. The van der Waals surface area contributed by atoms with E-state index >= 15 is 0 Å². The van der Waals surface area contributed by atoms with Crippen LogP contribution in [0.4, 0.5) is 15.8 Å². The maximum Gasteiger partial charge on any atom is 0.262 e. The van der Waals surface area contributed by atoms with Crippen molar-refractivity contribution in [2.24, 2.45) is 0 Å². The minimum Gasteiger partial charge on any atom is -0.495 e. The molecule has 0 radical (unpaired) electrons. The van der Waals surface area contributed by atoms with Crippen molar-refractivity contribution in [1.82, 2.24) is 5.32 Å². The van der Waals surface area contributed by atoms with Gasteiger partial charge < -0.3 is 15.4 Å². The number of hydrogen-bond acceptors (Lipinski definition) is 5. The van der Waals surface area contributed by atoms with E-state index in [1.165, 1.54) is 25.3 Å². The fourth-order valence-electron chi connectivity index (χ4n) is 3.26. The van der Waals surface area contributed by atoms with E-state index in [1.807, 2.05) is 19.9 Å². The fourth-order valence-corrected chi connectivity index (χ4v) is 4.32. The van der Waals surface area contributed by atoms with Crippen LogP contribution in [0.2, 0.25) is 0 Å². The van der Waals surface area contributed by atoms with Crippen LogP contribution in [0.15, 0.2) is 65.6 Å². The van der Waals surface area contributed by atoms with E-state index in [-0.39, 0.29) is 34.5 Å². The quantitative estimate of drug-likeness (QED) is 0.451. The third-order valence-electron chi connectivity index (χ3n) is 4.74. The lowest BCUT2D eigenvalue weighted by atomic mass is 10.1. The van der Waals surface area contributed by atoms with Crippen LogP contribution in [0, 0.1) is 19.7 Å². The zero-order chi connectivity index (χ0) is 24.9. The second kappa shape index (κ2) is 10.3.